The van der Waals surface area contributed by atoms with Crippen molar-refractivity contribution >= 4 is 17.6 Å². The molecule has 1 aromatic rings. The molecule has 0 aromatic heterocycles. The van der Waals surface area contributed by atoms with Crippen LogP contribution < -0.4 is 10.2 Å². The molecule has 1 aliphatic rings. The molecule has 0 aliphatic carbocycles. The molecule has 0 saturated carbocycles. The first-order valence-corrected chi connectivity index (χ1v) is 8.57. The summed E-state index contributed by atoms with van der Waals surface area (Å²) < 4.78 is 0. The normalized spacial score (nSPS) is 15.3. The first-order chi connectivity index (χ1) is 11.5. The highest BCUT2D eigenvalue weighted by Crippen LogP contribution is 2.17. The molecular weight excluding hydrogens is 306 g/mol. The molecule has 1 amide bonds. The first kappa shape index (κ1) is 18.3. The number of hydrogen-bond acceptors (Lipinski definition) is 4. The second-order valence-corrected chi connectivity index (χ2v) is 6.26. The van der Waals surface area contributed by atoms with Gasteiger partial charge in [-0.3, -0.25) is 14.5 Å². The van der Waals surface area contributed by atoms with Gasteiger partial charge in [-0.05, 0) is 31.0 Å². The van der Waals surface area contributed by atoms with Crippen molar-refractivity contribution in [1.82, 2.24) is 10.2 Å². The van der Waals surface area contributed by atoms with E-state index in [4.69, 9.17) is 5.11 Å². The van der Waals surface area contributed by atoms with Crippen LogP contribution in [0.1, 0.15) is 24.8 Å². The molecular formula is C18H27N3O3. The molecule has 1 heterocycles. The third-order valence-corrected chi connectivity index (χ3v) is 4.28. The minimum absolute atomic E-state index is 0.00139. The van der Waals surface area contributed by atoms with Crippen LogP contribution in [0.5, 0.6) is 0 Å². The van der Waals surface area contributed by atoms with Crippen LogP contribution in [0.2, 0.25) is 0 Å². The fourth-order valence-corrected chi connectivity index (χ4v) is 2.87. The number of rotatable bonds is 8. The maximum Gasteiger partial charge on any atom is 0.303 e. The zero-order valence-corrected chi connectivity index (χ0v) is 14.3. The highest BCUT2D eigenvalue weighted by Gasteiger charge is 2.17. The fourth-order valence-electron chi connectivity index (χ4n) is 2.87. The number of amides is 1. The van der Waals surface area contributed by atoms with Crippen molar-refractivity contribution in [3.05, 3.63) is 29.8 Å². The number of nitrogens with one attached hydrogen (secondary N) is 1. The Balaban J connectivity index is 1.62. The SMILES string of the molecule is Cc1cccc(N2CCN(CCC(=O)NCCCC(=O)O)CC2)c1. The largest absolute Gasteiger partial charge is 0.481 e. The lowest BCUT2D eigenvalue weighted by atomic mass is 10.2. The van der Waals surface area contributed by atoms with Crippen LogP contribution in [0.4, 0.5) is 5.69 Å². The van der Waals surface area contributed by atoms with Gasteiger partial charge < -0.3 is 15.3 Å². The highest BCUT2D eigenvalue weighted by atomic mass is 16.4. The summed E-state index contributed by atoms with van der Waals surface area (Å²) >= 11 is 0. The number of nitrogens with zero attached hydrogens (tertiary/aromatic N) is 2. The predicted molar refractivity (Wildman–Crippen MR) is 94.3 cm³/mol. The number of carbonyl (C=O) groups excluding carboxylic acids is 1. The Morgan fingerprint density at radius 1 is 1.17 bits per heavy atom. The van der Waals surface area contributed by atoms with E-state index in [0.717, 1.165) is 32.7 Å². The molecule has 1 fully saturated rings. The molecule has 0 spiro atoms. The Kier molecular flexibility index (Phi) is 7.06. The zero-order chi connectivity index (χ0) is 17.4. The van der Waals surface area contributed by atoms with Gasteiger partial charge in [0.05, 0.1) is 0 Å². The lowest BCUT2D eigenvalue weighted by Crippen LogP contribution is -2.47. The Morgan fingerprint density at radius 3 is 2.58 bits per heavy atom. The molecule has 6 heteroatoms. The summed E-state index contributed by atoms with van der Waals surface area (Å²) in [6, 6.07) is 8.55. The quantitative estimate of drug-likeness (QED) is 0.705. The van der Waals surface area contributed by atoms with E-state index in [1.165, 1.54) is 11.3 Å². The van der Waals surface area contributed by atoms with Gasteiger partial charge >= 0.3 is 5.97 Å². The van der Waals surface area contributed by atoms with Crippen molar-refractivity contribution in [3.8, 4) is 0 Å². The topological polar surface area (TPSA) is 72.9 Å². The summed E-state index contributed by atoms with van der Waals surface area (Å²) in [4.78, 5) is 26.9. The molecule has 0 bridgehead atoms. The van der Waals surface area contributed by atoms with Crippen LogP contribution in [0.15, 0.2) is 24.3 Å². The van der Waals surface area contributed by atoms with Gasteiger partial charge in [0.2, 0.25) is 5.91 Å². The summed E-state index contributed by atoms with van der Waals surface area (Å²) in [6.07, 6.45) is 1.05. The van der Waals surface area contributed by atoms with Crippen molar-refractivity contribution < 1.29 is 14.7 Å². The van der Waals surface area contributed by atoms with Crippen LogP contribution >= 0.6 is 0 Å². The van der Waals surface area contributed by atoms with Crippen LogP contribution in [0.25, 0.3) is 0 Å². The number of anilines is 1. The second kappa shape index (κ2) is 9.27. The van der Waals surface area contributed by atoms with E-state index in [-0.39, 0.29) is 12.3 Å². The Labute approximate surface area is 143 Å². The average Bonchev–Trinajstić information content (AvgIpc) is 2.57. The van der Waals surface area contributed by atoms with Crippen molar-refractivity contribution in [2.75, 3.05) is 44.2 Å². The third kappa shape index (κ3) is 6.20. The maximum atomic E-state index is 11.8. The number of piperazine rings is 1. The van der Waals surface area contributed by atoms with E-state index in [1.54, 1.807) is 0 Å². The van der Waals surface area contributed by atoms with Gasteiger partial charge in [-0.1, -0.05) is 12.1 Å². The summed E-state index contributed by atoms with van der Waals surface area (Å²) in [5, 5.41) is 11.3. The Morgan fingerprint density at radius 2 is 1.92 bits per heavy atom. The fraction of sp³-hybridized carbons (Fsp3) is 0.556. The van der Waals surface area contributed by atoms with E-state index in [1.807, 2.05) is 0 Å². The third-order valence-electron chi connectivity index (χ3n) is 4.28. The summed E-state index contributed by atoms with van der Waals surface area (Å²) in [5.74, 6) is -0.822. The van der Waals surface area contributed by atoms with Gasteiger partial charge in [-0.2, -0.15) is 0 Å². The highest BCUT2D eigenvalue weighted by molar-refractivity contribution is 5.76. The molecule has 1 saturated heterocycles. The molecule has 132 valence electrons. The molecule has 1 aromatic carbocycles. The van der Waals surface area contributed by atoms with Gasteiger partial charge in [0.1, 0.15) is 0 Å². The standard InChI is InChI=1S/C18H27N3O3/c1-15-4-2-5-16(14-15)21-12-10-20(11-13-21)9-7-17(22)19-8-3-6-18(23)24/h2,4-5,14H,3,6-13H2,1H3,(H,19,22)(H,23,24). The molecule has 0 unspecified atom stereocenters. The molecule has 1 aliphatic heterocycles. The van der Waals surface area contributed by atoms with Crippen LogP contribution in [-0.2, 0) is 9.59 Å². The van der Waals surface area contributed by atoms with E-state index in [0.29, 0.717) is 19.4 Å². The van der Waals surface area contributed by atoms with Crippen molar-refractivity contribution in [3.63, 3.8) is 0 Å². The monoisotopic (exact) mass is 333 g/mol. The van der Waals surface area contributed by atoms with Gasteiger partial charge in [-0.15, -0.1) is 0 Å². The number of carboxylic acid groups (broad SMARTS) is 1. The van der Waals surface area contributed by atoms with Crippen molar-refractivity contribution in [2.45, 2.75) is 26.2 Å². The van der Waals surface area contributed by atoms with Crippen LogP contribution in [-0.4, -0.2) is 61.2 Å². The Hall–Kier alpha value is -2.08. The van der Waals surface area contributed by atoms with E-state index < -0.39 is 5.97 Å². The molecule has 2 N–H and O–H groups in total. The number of carboxylic acids is 1. The summed E-state index contributed by atoms with van der Waals surface area (Å²) in [6.45, 7) is 7.17. The maximum absolute atomic E-state index is 11.8. The minimum atomic E-state index is -0.823. The van der Waals surface area contributed by atoms with E-state index in [9.17, 15) is 9.59 Å². The number of carbonyl (C=O) groups is 2. The zero-order valence-electron chi connectivity index (χ0n) is 14.3. The molecule has 6 nitrogen and oxygen atoms in total. The lowest BCUT2D eigenvalue weighted by Gasteiger charge is -2.36. The predicted octanol–water partition coefficient (Wildman–Crippen LogP) is 1.49. The number of aliphatic carboxylic acids is 1. The van der Waals surface area contributed by atoms with E-state index >= 15 is 0 Å². The summed E-state index contributed by atoms with van der Waals surface area (Å²) in [5.41, 5.74) is 2.54. The van der Waals surface area contributed by atoms with Crippen molar-refractivity contribution in [2.24, 2.45) is 0 Å². The number of aryl methyl sites for hydroxylation is 1. The molecule has 24 heavy (non-hydrogen) atoms. The van der Waals surface area contributed by atoms with Gasteiger partial charge in [0.25, 0.3) is 0 Å². The Bertz CT molecular complexity index is 554. The molecule has 0 atom stereocenters. The molecule has 0 radical (unpaired) electrons. The molecule has 2 rings (SSSR count). The number of benzene rings is 1. The summed E-state index contributed by atoms with van der Waals surface area (Å²) in [7, 11) is 0. The van der Waals surface area contributed by atoms with Crippen LogP contribution in [0.3, 0.4) is 0 Å². The van der Waals surface area contributed by atoms with Crippen molar-refractivity contribution in [1.29, 1.82) is 0 Å². The lowest BCUT2D eigenvalue weighted by molar-refractivity contribution is -0.137. The minimum Gasteiger partial charge on any atom is -0.481 e. The first-order valence-electron chi connectivity index (χ1n) is 8.57. The van der Waals surface area contributed by atoms with Gasteiger partial charge in [-0.25, -0.2) is 0 Å². The number of hydrogen-bond donors (Lipinski definition) is 2. The second-order valence-electron chi connectivity index (χ2n) is 6.26. The average molecular weight is 333 g/mol. The smallest absolute Gasteiger partial charge is 0.303 e. The van der Waals surface area contributed by atoms with E-state index in [2.05, 4.69) is 46.3 Å². The van der Waals surface area contributed by atoms with Gasteiger partial charge in [0, 0.05) is 57.8 Å². The van der Waals surface area contributed by atoms with Gasteiger partial charge in [0.15, 0.2) is 0 Å². The van der Waals surface area contributed by atoms with Crippen LogP contribution in [0, 0.1) is 6.92 Å².